The molecule has 1 amide bonds. The van der Waals surface area contributed by atoms with Crippen LogP contribution in [0.1, 0.15) is 37.9 Å². The Morgan fingerprint density at radius 2 is 1.85 bits per heavy atom. The van der Waals surface area contributed by atoms with Crippen molar-refractivity contribution in [3.05, 3.63) is 98.4 Å². The Morgan fingerprint density at radius 1 is 1.05 bits per heavy atom. The molecular weight excluding hydrogens is 516 g/mol. The van der Waals surface area contributed by atoms with Crippen LogP contribution >= 0.6 is 11.6 Å². The number of halogens is 1. The molecule has 6 rings (SSSR count). The highest BCUT2D eigenvalue weighted by molar-refractivity contribution is 6.36. The van der Waals surface area contributed by atoms with E-state index in [0.29, 0.717) is 49.7 Å². The predicted octanol–water partition coefficient (Wildman–Crippen LogP) is 5.19. The van der Waals surface area contributed by atoms with Crippen molar-refractivity contribution in [2.45, 2.75) is 32.2 Å². The lowest BCUT2D eigenvalue weighted by Gasteiger charge is -2.25. The highest BCUT2D eigenvalue weighted by Gasteiger charge is 2.28. The van der Waals surface area contributed by atoms with Crippen LogP contribution in [0, 0.1) is 5.92 Å². The van der Waals surface area contributed by atoms with Crippen LogP contribution in [0.5, 0.6) is 0 Å². The molecule has 5 aromatic rings. The molecule has 3 heterocycles. The summed E-state index contributed by atoms with van der Waals surface area (Å²) >= 11 is 7.08. The van der Waals surface area contributed by atoms with Gasteiger partial charge in [-0.3, -0.25) is 19.0 Å². The number of nitrogens with one attached hydrogen (secondary N) is 3. The van der Waals surface area contributed by atoms with Crippen LogP contribution in [-0.2, 0) is 4.79 Å². The number of aromatic amines is 1. The summed E-state index contributed by atoms with van der Waals surface area (Å²) in [7, 11) is 0. The van der Waals surface area contributed by atoms with Gasteiger partial charge in [0, 0.05) is 29.3 Å². The summed E-state index contributed by atoms with van der Waals surface area (Å²) in [4.78, 5) is 51.1. The average Bonchev–Trinajstić information content (AvgIpc) is 2.90. The minimum Gasteiger partial charge on any atom is -0.361 e. The van der Waals surface area contributed by atoms with Gasteiger partial charge in [-0.25, -0.2) is 9.97 Å². The van der Waals surface area contributed by atoms with Crippen LogP contribution in [0.3, 0.4) is 0 Å². The van der Waals surface area contributed by atoms with Crippen molar-refractivity contribution in [3.63, 3.8) is 0 Å². The van der Waals surface area contributed by atoms with Crippen LogP contribution in [0.25, 0.3) is 27.5 Å². The van der Waals surface area contributed by atoms with Crippen LogP contribution < -0.4 is 21.6 Å². The number of hydrogen-bond donors (Lipinski definition) is 3. The maximum atomic E-state index is 14.2. The Kier molecular flexibility index (Phi) is 6.36. The van der Waals surface area contributed by atoms with E-state index in [2.05, 4.69) is 25.6 Å². The molecule has 0 unspecified atom stereocenters. The maximum absolute atomic E-state index is 14.2. The normalized spacial score (nSPS) is 14.2. The number of H-pyrrole nitrogens is 1. The van der Waals surface area contributed by atoms with Crippen molar-refractivity contribution in [2.75, 3.05) is 10.6 Å². The number of benzene rings is 2. The fourth-order valence-corrected chi connectivity index (χ4v) is 5.45. The van der Waals surface area contributed by atoms with Crippen molar-refractivity contribution < 1.29 is 4.79 Å². The Hall–Kier alpha value is -4.50. The zero-order valence-corrected chi connectivity index (χ0v) is 21.8. The number of anilines is 2. The Bertz CT molecular complexity index is 1840. The highest BCUT2D eigenvalue weighted by atomic mass is 35.5. The van der Waals surface area contributed by atoms with Crippen LogP contribution in [0.15, 0.2) is 76.7 Å². The van der Waals surface area contributed by atoms with Crippen LogP contribution in [0.2, 0.25) is 5.02 Å². The van der Waals surface area contributed by atoms with E-state index in [4.69, 9.17) is 11.6 Å². The summed E-state index contributed by atoms with van der Waals surface area (Å²) < 4.78 is 1.55. The van der Waals surface area contributed by atoms with Crippen molar-refractivity contribution in [1.82, 2.24) is 19.5 Å². The van der Waals surface area contributed by atoms with E-state index in [1.54, 1.807) is 22.8 Å². The third-order valence-electron chi connectivity index (χ3n) is 7.24. The number of carbonyl (C=O) groups is 1. The first-order chi connectivity index (χ1) is 18.9. The van der Waals surface area contributed by atoms with Crippen molar-refractivity contribution in [2.24, 2.45) is 5.92 Å². The molecule has 9 nitrogen and oxygen atoms in total. The second kappa shape index (κ2) is 9.99. The van der Waals surface area contributed by atoms with Gasteiger partial charge in [0.15, 0.2) is 5.43 Å². The summed E-state index contributed by atoms with van der Waals surface area (Å²) in [6, 6.07) is 15.3. The molecule has 1 saturated carbocycles. The van der Waals surface area contributed by atoms with Crippen molar-refractivity contribution in [1.29, 1.82) is 0 Å². The molecule has 0 spiro atoms. The average molecular weight is 541 g/mol. The molecule has 0 saturated heterocycles. The van der Waals surface area contributed by atoms with Gasteiger partial charge < -0.3 is 15.6 Å². The predicted molar refractivity (Wildman–Crippen MR) is 153 cm³/mol. The van der Waals surface area contributed by atoms with Gasteiger partial charge in [-0.05, 0) is 38.0 Å². The highest BCUT2D eigenvalue weighted by Crippen LogP contribution is 2.36. The van der Waals surface area contributed by atoms with Gasteiger partial charge in [0.1, 0.15) is 23.2 Å². The van der Waals surface area contributed by atoms with Gasteiger partial charge in [0.25, 0.3) is 5.56 Å². The smallest absolute Gasteiger partial charge is 0.265 e. The van der Waals surface area contributed by atoms with Crippen molar-refractivity contribution >= 4 is 50.8 Å². The minimum atomic E-state index is -0.555. The van der Waals surface area contributed by atoms with Gasteiger partial charge >= 0.3 is 0 Å². The number of fused-ring (bicyclic) bond motifs is 2. The molecule has 0 radical (unpaired) electrons. The lowest BCUT2D eigenvalue weighted by molar-refractivity contribution is -0.122. The molecule has 10 heteroatoms. The third-order valence-corrected chi connectivity index (χ3v) is 7.64. The molecule has 1 aliphatic carbocycles. The maximum Gasteiger partial charge on any atom is 0.265 e. The molecule has 39 heavy (non-hydrogen) atoms. The molecule has 1 aliphatic rings. The molecule has 2 aromatic carbocycles. The number of rotatable bonds is 6. The van der Waals surface area contributed by atoms with Gasteiger partial charge in [-0.2, -0.15) is 0 Å². The monoisotopic (exact) mass is 540 g/mol. The molecule has 0 bridgehead atoms. The SMILES string of the molecule is C[C@H](Nc1ncnc2[nH]ccc(=O)c12)c1c(Cl)c2cccc(NC(=O)C3CCC3)c2c(=O)n1-c1ccccc1. The first kappa shape index (κ1) is 24.8. The standard InChI is InChI=1S/C29H25ClN6O3/c1-16(34-27-23-21(37)13-14-31-26(23)32-15-33-27)25-24(30)19-11-6-12-20(35-28(38)17-7-5-8-17)22(19)29(39)36(25)18-9-3-2-4-10-18/h2-4,6,9-17H,5,7-8H2,1H3,(H,35,38)(H2,31,32,33,34,37)/t16-/m0/s1. The van der Waals surface area contributed by atoms with E-state index >= 15 is 0 Å². The summed E-state index contributed by atoms with van der Waals surface area (Å²) in [6.07, 6.45) is 5.61. The second-order valence-electron chi connectivity index (χ2n) is 9.67. The Morgan fingerprint density at radius 3 is 2.59 bits per heavy atom. The van der Waals surface area contributed by atoms with E-state index in [1.165, 1.54) is 18.6 Å². The van der Waals surface area contributed by atoms with E-state index in [0.717, 1.165) is 19.3 Å². The lowest BCUT2D eigenvalue weighted by Crippen LogP contribution is -2.30. The topological polar surface area (TPSA) is 122 Å². The summed E-state index contributed by atoms with van der Waals surface area (Å²) in [5, 5.41) is 7.75. The van der Waals surface area contributed by atoms with E-state index in [1.807, 2.05) is 37.3 Å². The molecular formula is C29H25ClN6O3. The molecule has 0 aliphatic heterocycles. The van der Waals surface area contributed by atoms with Gasteiger partial charge in [0.2, 0.25) is 5.91 Å². The summed E-state index contributed by atoms with van der Waals surface area (Å²) in [5.74, 6) is 0.191. The number of para-hydroxylation sites is 1. The fraction of sp³-hybridized carbons (Fsp3) is 0.207. The number of hydrogen-bond acceptors (Lipinski definition) is 6. The number of aromatic nitrogens is 4. The number of carbonyl (C=O) groups excluding carboxylic acids is 1. The summed E-state index contributed by atoms with van der Waals surface area (Å²) in [6.45, 7) is 1.85. The van der Waals surface area contributed by atoms with E-state index < -0.39 is 6.04 Å². The quantitative estimate of drug-likeness (QED) is 0.272. The zero-order valence-electron chi connectivity index (χ0n) is 21.1. The number of pyridine rings is 2. The first-order valence-electron chi connectivity index (χ1n) is 12.8. The first-order valence-corrected chi connectivity index (χ1v) is 13.1. The molecule has 3 aromatic heterocycles. The zero-order chi connectivity index (χ0) is 27.1. The van der Waals surface area contributed by atoms with Gasteiger partial charge in [0.05, 0.1) is 27.8 Å². The largest absolute Gasteiger partial charge is 0.361 e. The molecule has 1 atom stereocenters. The number of nitrogens with zero attached hydrogens (tertiary/aromatic N) is 3. The molecule has 3 N–H and O–H groups in total. The second-order valence-corrected chi connectivity index (χ2v) is 10.1. The fourth-order valence-electron chi connectivity index (χ4n) is 5.04. The van der Waals surface area contributed by atoms with Gasteiger partial charge in [-0.1, -0.05) is 48.4 Å². The van der Waals surface area contributed by atoms with Crippen LogP contribution in [0.4, 0.5) is 11.5 Å². The van der Waals surface area contributed by atoms with Crippen molar-refractivity contribution in [3.8, 4) is 5.69 Å². The molecule has 1 fully saturated rings. The third kappa shape index (κ3) is 4.34. The van der Waals surface area contributed by atoms with E-state index in [-0.39, 0.29) is 22.8 Å². The minimum absolute atomic E-state index is 0.0404. The Balaban J connectivity index is 1.54. The van der Waals surface area contributed by atoms with Gasteiger partial charge in [-0.15, -0.1) is 0 Å². The Labute approximate surface area is 227 Å². The number of amides is 1. The lowest BCUT2D eigenvalue weighted by atomic mass is 9.85. The van der Waals surface area contributed by atoms with Crippen LogP contribution in [-0.4, -0.2) is 25.4 Å². The van der Waals surface area contributed by atoms with E-state index in [9.17, 15) is 14.4 Å². The summed E-state index contributed by atoms with van der Waals surface area (Å²) in [5.41, 5.74) is 1.36. The molecule has 196 valence electrons.